The molecular weight excluding hydrogens is 338 g/mol. The van der Waals surface area contributed by atoms with E-state index >= 15 is 0 Å². The number of ketones is 1. The Hall–Kier alpha value is -2.51. The first-order valence-corrected chi connectivity index (χ1v) is 8.83. The molecule has 26 heavy (non-hydrogen) atoms. The number of Topliss-reactive ketones (excluding diaryl/α,β-unsaturated/α-hetero) is 1. The summed E-state index contributed by atoms with van der Waals surface area (Å²) in [5.74, 6) is -1.65. The molecule has 1 aliphatic rings. The number of hydrogen-bond acceptors (Lipinski definition) is 5. The molecular formula is C18H27N3O5. The Bertz CT molecular complexity index is 582. The summed E-state index contributed by atoms with van der Waals surface area (Å²) in [5.41, 5.74) is 0. The maximum absolute atomic E-state index is 12.0. The summed E-state index contributed by atoms with van der Waals surface area (Å²) in [5, 5.41) is 5.13. The molecule has 1 heterocycles. The lowest BCUT2D eigenvalue weighted by atomic mass is 10.00. The van der Waals surface area contributed by atoms with E-state index in [4.69, 9.17) is 0 Å². The van der Waals surface area contributed by atoms with Gasteiger partial charge in [0.2, 0.25) is 11.8 Å². The molecule has 144 valence electrons. The molecule has 0 aromatic carbocycles. The van der Waals surface area contributed by atoms with Crippen LogP contribution in [0.4, 0.5) is 0 Å². The maximum Gasteiger partial charge on any atom is 0.253 e. The van der Waals surface area contributed by atoms with Crippen molar-refractivity contribution >= 4 is 29.4 Å². The second-order valence-electron chi connectivity index (χ2n) is 6.45. The molecule has 8 heteroatoms. The van der Waals surface area contributed by atoms with Crippen LogP contribution in [0.3, 0.4) is 0 Å². The fourth-order valence-corrected chi connectivity index (χ4v) is 2.60. The normalized spacial score (nSPS) is 15.7. The van der Waals surface area contributed by atoms with Crippen LogP contribution in [0.1, 0.15) is 46.0 Å². The van der Waals surface area contributed by atoms with Gasteiger partial charge in [-0.2, -0.15) is 0 Å². The molecule has 0 fully saturated rings. The van der Waals surface area contributed by atoms with Crippen molar-refractivity contribution < 1.29 is 24.0 Å². The zero-order valence-corrected chi connectivity index (χ0v) is 15.5. The molecule has 2 atom stereocenters. The number of unbranched alkanes of at least 4 members (excludes halogenated alkanes) is 2. The molecule has 0 radical (unpaired) electrons. The van der Waals surface area contributed by atoms with E-state index < -0.39 is 12.0 Å². The molecule has 1 rings (SSSR count). The minimum atomic E-state index is -0.638. The van der Waals surface area contributed by atoms with Gasteiger partial charge in [0.1, 0.15) is 0 Å². The van der Waals surface area contributed by atoms with Gasteiger partial charge >= 0.3 is 0 Å². The number of rotatable bonds is 11. The van der Waals surface area contributed by atoms with Crippen LogP contribution in [0.15, 0.2) is 12.2 Å². The van der Waals surface area contributed by atoms with Crippen LogP contribution in [-0.2, 0) is 24.0 Å². The summed E-state index contributed by atoms with van der Waals surface area (Å²) in [7, 11) is 1.51. The van der Waals surface area contributed by atoms with Gasteiger partial charge in [0.05, 0.1) is 6.04 Å². The second-order valence-corrected chi connectivity index (χ2v) is 6.45. The molecule has 0 aliphatic carbocycles. The zero-order valence-electron chi connectivity index (χ0n) is 15.5. The van der Waals surface area contributed by atoms with Gasteiger partial charge in [0.25, 0.3) is 11.8 Å². The highest BCUT2D eigenvalue weighted by atomic mass is 16.2. The lowest BCUT2D eigenvalue weighted by Gasteiger charge is -2.16. The van der Waals surface area contributed by atoms with Gasteiger partial charge in [0.15, 0.2) is 5.78 Å². The van der Waals surface area contributed by atoms with Gasteiger partial charge in [-0.1, -0.05) is 13.3 Å². The Labute approximate surface area is 153 Å². The highest BCUT2D eigenvalue weighted by Gasteiger charge is 2.23. The Morgan fingerprint density at radius 2 is 1.65 bits per heavy atom. The SMILES string of the molecule is CNC(=O)C(C)CC(=O)C(C)NC(=O)CCCCCN1C(=O)C=CC1=O. The third-order valence-electron chi connectivity index (χ3n) is 4.25. The van der Waals surface area contributed by atoms with Crippen molar-refractivity contribution in [2.45, 2.75) is 52.0 Å². The van der Waals surface area contributed by atoms with Gasteiger partial charge in [-0.05, 0) is 19.8 Å². The Morgan fingerprint density at radius 3 is 2.23 bits per heavy atom. The number of nitrogens with one attached hydrogen (secondary N) is 2. The lowest BCUT2D eigenvalue weighted by molar-refractivity contribution is -0.137. The highest BCUT2D eigenvalue weighted by molar-refractivity contribution is 6.12. The summed E-state index contributed by atoms with van der Waals surface area (Å²) in [4.78, 5) is 59.3. The van der Waals surface area contributed by atoms with E-state index in [9.17, 15) is 24.0 Å². The van der Waals surface area contributed by atoms with E-state index in [1.807, 2.05) is 0 Å². The van der Waals surface area contributed by atoms with Crippen molar-refractivity contribution in [2.75, 3.05) is 13.6 Å². The number of hydrogen-bond donors (Lipinski definition) is 2. The molecule has 0 aromatic rings. The van der Waals surface area contributed by atoms with Crippen molar-refractivity contribution in [3.8, 4) is 0 Å². The van der Waals surface area contributed by atoms with Crippen LogP contribution in [0.2, 0.25) is 0 Å². The zero-order chi connectivity index (χ0) is 19.7. The minimum absolute atomic E-state index is 0.0764. The van der Waals surface area contributed by atoms with E-state index in [0.717, 1.165) is 0 Å². The monoisotopic (exact) mass is 365 g/mol. The third-order valence-corrected chi connectivity index (χ3v) is 4.25. The summed E-state index contributed by atoms with van der Waals surface area (Å²) < 4.78 is 0. The Morgan fingerprint density at radius 1 is 1.04 bits per heavy atom. The Kier molecular flexibility index (Phi) is 8.67. The molecule has 2 N–H and O–H groups in total. The van der Waals surface area contributed by atoms with Crippen LogP contribution in [-0.4, -0.2) is 53.9 Å². The molecule has 0 saturated carbocycles. The molecule has 0 saturated heterocycles. The number of nitrogens with zero attached hydrogens (tertiary/aromatic N) is 1. The van der Waals surface area contributed by atoms with E-state index in [1.54, 1.807) is 13.8 Å². The molecule has 1 aliphatic heterocycles. The van der Waals surface area contributed by atoms with E-state index in [1.165, 1.54) is 24.1 Å². The van der Waals surface area contributed by atoms with E-state index in [-0.39, 0.29) is 42.3 Å². The van der Waals surface area contributed by atoms with Crippen molar-refractivity contribution in [1.29, 1.82) is 0 Å². The maximum atomic E-state index is 12.0. The number of carbonyl (C=O) groups excluding carboxylic acids is 5. The molecule has 0 aromatic heterocycles. The number of amides is 4. The second kappa shape index (κ2) is 10.5. The van der Waals surface area contributed by atoms with Crippen LogP contribution in [0.25, 0.3) is 0 Å². The van der Waals surface area contributed by atoms with Crippen molar-refractivity contribution in [2.24, 2.45) is 5.92 Å². The standard InChI is InChI=1S/C18H27N3O5/c1-12(18(26)19-3)11-14(22)13(2)20-15(23)7-5-4-6-10-21-16(24)8-9-17(21)25/h8-9,12-13H,4-7,10-11H2,1-3H3,(H,19,26)(H,20,23). The summed E-state index contributed by atoms with van der Waals surface area (Å²) in [6.07, 6.45) is 4.77. The summed E-state index contributed by atoms with van der Waals surface area (Å²) in [6.45, 7) is 3.61. The topological polar surface area (TPSA) is 113 Å². The van der Waals surface area contributed by atoms with Gasteiger partial charge in [0, 0.05) is 44.5 Å². The first-order valence-electron chi connectivity index (χ1n) is 8.83. The minimum Gasteiger partial charge on any atom is -0.359 e. The average Bonchev–Trinajstić information content (AvgIpc) is 2.92. The van der Waals surface area contributed by atoms with Gasteiger partial charge < -0.3 is 10.6 Å². The van der Waals surface area contributed by atoms with Gasteiger partial charge in [-0.3, -0.25) is 28.9 Å². The molecule has 0 bridgehead atoms. The molecule has 0 spiro atoms. The van der Waals surface area contributed by atoms with Crippen LogP contribution in [0.5, 0.6) is 0 Å². The summed E-state index contributed by atoms with van der Waals surface area (Å²) >= 11 is 0. The smallest absolute Gasteiger partial charge is 0.253 e. The predicted molar refractivity (Wildman–Crippen MR) is 94.8 cm³/mol. The first-order chi connectivity index (χ1) is 12.3. The fraction of sp³-hybridized carbons (Fsp3) is 0.611. The number of carbonyl (C=O) groups is 5. The van der Waals surface area contributed by atoms with Gasteiger partial charge in [-0.15, -0.1) is 0 Å². The first kappa shape index (κ1) is 21.5. The third kappa shape index (κ3) is 6.78. The van der Waals surface area contributed by atoms with Crippen molar-refractivity contribution in [3.63, 3.8) is 0 Å². The van der Waals surface area contributed by atoms with Gasteiger partial charge in [-0.25, -0.2) is 0 Å². The van der Waals surface area contributed by atoms with Crippen LogP contribution < -0.4 is 10.6 Å². The Balaban J connectivity index is 2.19. The van der Waals surface area contributed by atoms with E-state index in [2.05, 4.69) is 10.6 Å². The quantitative estimate of drug-likeness (QED) is 0.404. The molecule has 8 nitrogen and oxygen atoms in total. The lowest BCUT2D eigenvalue weighted by Crippen LogP contribution is -2.40. The summed E-state index contributed by atoms with van der Waals surface area (Å²) in [6, 6.07) is -0.638. The van der Waals surface area contributed by atoms with Crippen LogP contribution >= 0.6 is 0 Å². The van der Waals surface area contributed by atoms with Crippen molar-refractivity contribution in [3.05, 3.63) is 12.2 Å². The largest absolute Gasteiger partial charge is 0.359 e. The average molecular weight is 365 g/mol. The van der Waals surface area contributed by atoms with E-state index in [0.29, 0.717) is 25.8 Å². The molecule has 2 unspecified atom stereocenters. The predicted octanol–water partition coefficient (Wildman–Crippen LogP) is 0.318. The van der Waals surface area contributed by atoms with Crippen molar-refractivity contribution in [1.82, 2.24) is 15.5 Å². The van der Waals surface area contributed by atoms with Crippen LogP contribution in [0, 0.1) is 5.92 Å². The fourth-order valence-electron chi connectivity index (χ4n) is 2.60. The molecule has 4 amide bonds. The highest BCUT2D eigenvalue weighted by Crippen LogP contribution is 2.08. The number of imide groups is 1.